The standard InChI is InChI=1S/C42H44N4O8/c47-35-23-51-39-27-7-1-11-31(39)21-32-12-3-9-29-20-30-10-4-14-34(42(30)54-26-38(50)46-18-6-17-45-37(49)25-53-41(29)32)22-33-13-2-8-28(19-27)40(33)52-24-36(48)44-16-5-15-43-35/h1-4,7-14H,5-6,15-26H2,(H,43,47)(H,44,48)(H,45,49)(H,46,50). The number of amides is 4. The van der Waals surface area contributed by atoms with E-state index < -0.39 is 0 Å². The summed E-state index contributed by atoms with van der Waals surface area (Å²) in [5, 5.41) is 11.5. The summed E-state index contributed by atoms with van der Waals surface area (Å²) in [6.45, 7) is 0.706. The van der Waals surface area contributed by atoms with Gasteiger partial charge in [-0.15, -0.1) is 0 Å². The summed E-state index contributed by atoms with van der Waals surface area (Å²) in [7, 11) is 0. The maximum atomic E-state index is 13.0. The lowest BCUT2D eigenvalue weighted by Crippen LogP contribution is -2.34. The number of ether oxygens (including phenoxy) is 4. The summed E-state index contributed by atoms with van der Waals surface area (Å²) >= 11 is 0. The minimum atomic E-state index is -0.268. The smallest absolute Gasteiger partial charge is 0.257 e. The molecule has 2 aliphatic heterocycles. The zero-order chi connectivity index (χ0) is 37.3. The molecule has 0 atom stereocenters. The van der Waals surface area contributed by atoms with E-state index in [2.05, 4.69) is 21.3 Å². The zero-order valence-electron chi connectivity index (χ0n) is 30.1. The highest BCUT2D eigenvalue weighted by Gasteiger charge is 2.23. The van der Waals surface area contributed by atoms with Crippen LogP contribution in [0.25, 0.3) is 0 Å². The predicted molar refractivity (Wildman–Crippen MR) is 200 cm³/mol. The normalized spacial score (nSPS) is 17.2. The van der Waals surface area contributed by atoms with Gasteiger partial charge in [0, 0.05) is 51.9 Å². The lowest BCUT2D eigenvalue weighted by Gasteiger charge is -2.23. The van der Waals surface area contributed by atoms with Crippen molar-refractivity contribution in [2.24, 2.45) is 0 Å². The van der Waals surface area contributed by atoms with Crippen molar-refractivity contribution < 1.29 is 38.1 Å². The molecular formula is C42H44N4O8. The molecule has 4 N–H and O–H groups in total. The van der Waals surface area contributed by atoms with Crippen molar-refractivity contribution in [1.82, 2.24) is 21.3 Å². The molecule has 0 unspecified atom stereocenters. The third kappa shape index (κ3) is 8.94. The number of benzene rings is 4. The first-order valence-corrected chi connectivity index (χ1v) is 18.4. The van der Waals surface area contributed by atoms with Crippen molar-refractivity contribution in [1.29, 1.82) is 0 Å². The van der Waals surface area contributed by atoms with Crippen LogP contribution in [0.3, 0.4) is 0 Å². The Bertz CT molecular complexity index is 1760. The van der Waals surface area contributed by atoms with E-state index >= 15 is 0 Å². The molecular weight excluding hydrogens is 688 g/mol. The summed E-state index contributed by atoms with van der Waals surface area (Å²) in [4.78, 5) is 51.9. The lowest BCUT2D eigenvalue weighted by atomic mass is 9.91. The maximum absolute atomic E-state index is 13.0. The van der Waals surface area contributed by atoms with Crippen LogP contribution in [0.2, 0.25) is 0 Å². The summed E-state index contributed by atoms with van der Waals surface area (Å²) < 4.78 is 25.6. The van der Waals surface area contributed by atoms with Crippen molar-refractivity contribution in [3.63, 3.8) is 0 Å². The summed E-state index contributed by atoms with van der Waals surface area (Å²) in [5.74, 6) is 1.22. The average Bonchev–Trinajstić information content (AvgIpc) is 3.15. The molecule has 280 valence electrons. The van der Waals surface area contributed by atoms with E-state index in [1.807, 2.05) is 72.8 Å². The SMILES string of the molecule is O=C1COc2c3cccc2Cc2cccc4c2OCC(=O)NCCCNC(=O)COc2c(cccc2Cc2cccc(c2OCC(=O)NCCCN1)C3)C4. The quantitative estimate of drug-likeness (QED) is 0.190. The molecule has 0 radical (unpaired) electrons. The largest absolute Gasteiger partial charge is 0.483 e. The van der Waals surface area contributed by atoms with E-state index in [-0.39, 0.29) is 50.1 Å². The van der Waals surface area contributed by atoms with Gasteiger partial charge in [0.05, 0.1) is 0 Å². The van der Waals surface area contributed by atoms with Gasteiger partial charge < -0.3 is 40.2 Å². The van der Waals surface area contributed by atoms with Crippen LogP contribution in [-0.2, 0) is 44.9 Å². The molecule has 2 heterocycles. The van der Waals surface area contributed by atoms with E-state index in [0.717, 1.165) is 44.5 Å². The number of carbonyl (C=O) groups is 4. The Morgan fingerprint density at radius 3 is 0.741 bits per heavy atom. The van der Waals surface area contributed by atoms with Crippen LogP contribution in [0.5, 0.6) is 23.0 Å². The molecule has 0 saturated carbocycles. The fourth-order valence-electron chi connectivity index (χ4n) is 7.07. The van der Waals surface area contributed by atoms with Crippen molar-refractivity contribution in [2.45, 2.75) is 38.5 Å². The van der Waals surface area contributed by atoms with Crippen molar-refractivity contribution in [2.75, 3.05) is 52.6 Å². The van der Waals surface area contributed by atoms with Gasteiger partial charge >= 0.3 is 0 Å². The van der Waals surface area contributed by atoms with E-state index in [0.29, 0.717) is 87.7 Å². The van der Waals surface area contributed by atoms with Crippen molar-refractivity contribution in [3.05, 3.63) is 117 Å². The third-order valence-corrected chi connectivity index (χ3v) is 9.62. The molecule has 4 amide bonds. The molecule has 4 aromatic carbocycles. The number of hydrogen-bond acceptors (Lipinski definition) is 8. The minimum absolute atomic E-state index is 0.196. The molecule has 12 nitrogen and oxygen atoms in total. The molecule has 0 spiro atoms. The molecule has 7 rings (SSSR count). The molecule has 54 heavy (non-hydrogen) atoms. The van der Waals surface area contributed by atoms with Crippen LogP contribution in [0.15, 0.2) is 72.8 Å². The highest BCUT2D eigenvalue weighted by atomic mass is 16.5. The monoisotopic (exact) mass is 732 g/mol. The zero-order valence-corrected chi connectivity index (χ0v) is 30.1. The Morgan fingerprint density at radius 1 is 0.333 bits per heavy atom. The number of rotatable bonds is 0. The Morgan fingerprint density at radius 2 is 0.537 bits per heavy atom. The first-order chi connectivity index (χ1) is 26.4. The van der Waals surface area contributed by atoms with Crippen LogP contribution in [-0.4, -0.2) is 76.2 Å². The molecule has 12 bridgehead atoms. The van der Waals surface area contributed by atoms with Crippen LogP contribution < -0.4 is 40.2 Å². The van der Waals surface area contributed by atoms with Gasteiger partial charge in [0.2, 0.25) is 0 Å². The predicted octanol–water partition coefficient (Wildman–Crippen LogP) is 3.15. The van der Waals surface area contributed by atoms with Crippen LogP contribution in [0.1, 0.15) is 57.3 Å². The molecule has 12 heteroatoms. The number of para-hydroxylation sites is 4. The van der Waals surface area contributed by atoms with Gasteiger partial charge in [-0.05, 0) is 57.3 Å². The third-order valence-electron chi connectivity index (χ3n) is 9.62. The lowest BCUT2D eigenvalue weighted by molar-refractivity contribution is -0.124. The Kier molecular flexibility index (Phi) is 11.6. The second-order valence-corrected chi connectivity index (χ2v) is 13.6. The highest BCUT2D eigenvalue weighted by molar-refractivity contribution is 5.79. The molecule has 1 aliphatic carbocycles. The van der Waals surface area contributed by atoms with Gasteiger partial charge in [-0.3, -0.25) is 19.2 Å². The molecule has 0 fully saturated rings. The van der Waals surface area contributed by atoms with E-state index in [1.54, 1.807) is 0 Å². The summed E-state index contributed by atoms with van der Waals surface area (Å²) in [6, 6.07) is 23.6. The van der Waals surface area contributed by atoms with Crippen molar-refractivity contribution >= 4 is 23.6 Å². The topological polar surface area (TPSA) is 153 Å². The minimum Gasteiger partial charge on any atom is -0.483 e. The molecule has 0 aromatic heterocycles. The van der Waals surface area contributed by atoms with Crippen LogP contribution >= 0.6 is 0 Å². The summed E-state index contributed by atoms with van der Waals surface area (Å²) in [5.41, 5.74) is 6.64. The average molecular weight is 733 g/mol. The summed E-state index contributed by atoms with van der Waals surface area (Å²) in [6.07, 6.45) is 2.59. The van der Waals surface area contributed by atoms with Gasteiger partial charge in [0.15, 0.2) is 26.4 Å². The second kappa shape index (κ2) is 17.2. The Labute approximate surface area is 313 Å². The first-order valence-electron chi connectivity index (χ1n) is 18.4. The van der Waals surface area contributed by atoms with Gasteiger partial charge in [0.25, 0.3) is 23.6 Å². The van der Waals surface area contributed by atoms with Crippen LogP contribution in [0.4, 0.5) is 0 Å². The van der Waals surface area contributed by atoms with Gasteiger partial charge in [-0.25, -0.2) is 0 Å². The fraction of sp³-hybridized carbons (Fsp3) is 0.333. The van der Waals surface area contributed by atoms with E-state index in [1.165, 1.54) is 0 Å². The van der Waals surface area contributed by atoms with Crippen molar-refractivity contribution in [3.8, 4) is 23.0 Å². The number of hydrogen-bond donors (Lipinski definition) is 4. The van der Waals surface area contributed by atoms with Gasteiger partial charge in [-0.2, -0.15) is 0 Å². The maximum Gasteiger partial charge on any atom is 0.257 e. The Hall–Kier alpha value is -6.04. The number of carbonyl (C=O) groups excluding carboxylic acids is 4. The van der Waals surface area contributed by atoms with Gasteiger partial charge in [-0.1, -0.05) is 72.8 Å². The van der Waals surface area contributed by atoms with E-state index in [9.17, 15) is 19.2 Å². The van der Waals surface area contributed by atoms with Gasteiger partial charge in [0.1, 0.15) is 23.0 Å². The van der Waals surface area contributed by atoms with Crippen LogP contribution in [0, 0.1) is 0 Å². The first kappa shape index (κ1) is 36.3. The second-order valence-electron chi connectivity index (χ2n) is 13.6. The molecule has 3 aliphatic rings. The fourth-order valence-corrected chi connectivity index (χ4v) is 7.07. The molecule has 4 aromatic rings. The molecule has 0 saturated heterocycles. The van der Waals surface area contributed by atoms with E-state index in [4.69, 9.17) is 18.9 Å². The highest BCUT2D eigenvalue weighted by Crippen LogP contribution is 2.39. The number of nitrogens with one attached hydrogen (secondary N) is 4. The Balaban J connectivity index is 1.42.